The SMILES string of the molecule is CCNC(=NCC1(CS(C)(=O)=O)CC1)NCC1CCCOC1c1ccc(C)cc1.I. The van der Waals surface area contributed by atoms with Gasteiger partial charge < -0.3 is 15.4 Å². The molecule has 1 saturated heterocycles. The highest BCUT2D eigenvalue weighted by molar-refractivity contribution is 14.0. The molecule has 2 N–H and O–H groups in total. The van der Waals surface area contributed by atoms with Crippen molar-refractivity contribution in [3.05, 3.63) is 35.4 Å². The van der Waals surface area contributed by atoms with Crippen molar-refractivity contribution in [2.45, 2.75) is 45.6 Å². The number of benzene rings is 1. The first-order valence-corrected chi connectivity index (χ1v) is 12.7. The summed E-state index contributed by atoms with van der Waals surface area (Å²) in [5, 5.41) is 6.77. The largest absolute Gasteiger partial charge is 0.373 e. The summed E-state index contributed by atoms with van der Waals surface area (Å²) >= 11 is 0. The van der Waals surface area contributed by atoms with E-state index in [2.05, 4.69) is 41.8 Å². The summed E-state index contributed by atoms with van der Waals surface area (Å²) in [5.41, 5.74) is 2.33. The molecule has 0 radical (unpaired) electrons. The van der Waals surface area contributed by atoms with Crippen LogP contribution >= 0.6 is 24.0 Å². The van der Waals surface area contributed by atoms with Crippen LogP contribution in [-0.2, 0) is 14.6 Å². The highest BCUT2D eigenvalue weighted by Gasteiger charge is 2.45. The summed E-state index contributed by atoms with van der Waals surface area (Å²) in [7, 11) is -2.98. The van der Waals surface area contributed by atoms with Gasteiger partial charge in [-0.1, -0.05) is 29.8 Å². The summed E-state index contributed by atoms with van der Waals surface area (Å²) in [4.78, 5) is 4.71. The molecule has 0 bridgehead atoms. The molecule has 1 aromatic rings. The number of rotatable bonds is 8. The fourth-order valence-electron chi connectivity index (χ4n) is 4.07. The molecule has 0 aromatic heterocycles. The van der Waals surface area contributed by atoms with Gasteiger partial charge in [0.25, 0.3) is 0 Å². The van der Waals surface area contributed by atoms with Crippen molar-refractivity contribution < 1.29 is 13.2 Å². The maximum Gasteiger partial charge on any atom is 0.191 e. The molecule has 6 nitrogen and oxygen atoms in total. The molecule has 2 aliphatic rings. The topological polar surface area (TPSA) is 79.8 Å². The molecule has 8 heteroatoms. The van der Waals surface area contributed by atoms with Gasteiger partial charge in [-0.3, -0.25) is 4.99 Å². The average Bonchev–Trinajstić information content (AvgIpc) is 3.43. The molecule has 0 amide bonds. The van der Waals surface area contributed by atoms with Crippen molar-refractivity contribution in [3.8, 4) is 0 Å². The van der Waals surface area contributed by atoms with Crippen LogP contribution in [0.1, 0.15) is 49.8 Å². The van der Waals surface area contributed by atoms with Gasteiger partial charge in [-0.15, -0.1) is 24.0 Å². The van der Waals surface area contributed by atoms with Crippen LogP contribution in [0, 0.1) is 18.3 Å². The Morgan fingerprint density at radius 1 is 1.23 bits per heavy atom. The van der Waals surface area contributed by atoms with Gasteiger partial charge in [0.2, 0.25) is 0 Å². The van der Waals surface area contributed by atoms with Crippen LogP contribution in [0.3, 0.4) is 0 Å². The van der Waals surface area contributed by atoms with E-state index in [9.17, 15) is 8.42 Å². The quantitative estimate of drug-likeness (QED) is 0.295. The fraction of sp³-hybridized carbons (Fsp3) is 0.682. The number of nitrogens with zero attached hydrogens (tertiary/aromatic N) is 1. The van der Waals surface area contributed by atoms with Crippen LogP contribution in [-0.4, -0.2) is 52.6 Å². The molecule has 2 atom stereocenters. The van der Waals surface area contributed by atoms with Gasteiger partial charge in [0.15, 0.2) is 5.96 Å². The van der Waals surface area contributed by atoms with Crippen LogP contribution in [0.4, 0.5) is 0 Å². The number of hydrogen-bond acceptors (Lipinski definition) is 4. The predicted octanol–water partition coefficient (Wildman–Crippen LogP) is 3.46. The summed E-state index contributed by atoms with van der Waals surface area (Å²) in [6.07, 6.45) is 5.47. The lowest BCUT2D eigenvalue weighted by atomic mass is 9.89. The van der Waals surface area contributed by atoms with E-state index in [-0.39, 0.29) is 41.2 Å². The molecule has 170 valence electrons. The standard InChI is InChI=1S/C22H35N3O3S.HI/c1-4-23-21(25-15-22(11-12-22)16-29(3,26)27)24-14-19-6-5-13-28-20(19)18-9-7-17(2)8-10-18;/h7-10,19-20H,4-6,11-16H2,1-3H3,(H2,23,24,25);1H. The van der Waals surface area contributed by atoms with Gasteiger partial charge in [-0.05, 0) is 45.1 Å². The number of ether oxygens (including phenoxy) is 1. The minimum absolute atomic E-state index is 0. The van der Waals surface area contributed by atoms with Gasteiger partial charge in [0.05, 0.1) is 11.9 Å². The number of guanidine groups is 1. The Kier molecular flexibility index (Phi) is 9.42. The molecule has 1 aliphatic carbocycles. The van der Waals surface area contributed by atoms with Crippen molar-refractivity contribution in [1.82, 2.24) is 10.6 Å². The lowest BCUT2D eigenvalue weighted by Crippen LogP contribution is -2.42. The molecule has 1 heterocycles. The van der Waals surface area contributed by atoms with E-state index in [1.165, 1.54) is 17.4 Å². The minimum atomic E-state index is -2.98. The third-order valence-electron chi connectivity index (χ3n) is 5.82. The Balaban J connectivity index is 0.00000320. The first kappa shape index (κ1) is 25.4. The molecule has 3 rings (SSSR count). The van der Waals surface area contributed by atoms with Gasteiger partial charge in [0.1, 0.15) is 9.84 Å². The third kappa shape index (κ3) is 7.67. The van der Waals surface area contributed by atoms with Crippen LogP contribution in [0.5, 0.6) is 0 Å². The van der Waals surface area contributed by atoms with E-state index in [0.717, 1.165) is 51.3 Å². The van der Waals surface area contributed by atoms with E-state index in [0.29, 0.717) is 12.5 Å². The number of aliphatic imine (C=N–C) groups is 1. The van der Waals surface area contributed by atoms with Crippen molar-refractivity contribution in [2.24, 2.45) is 16.3 Å². The van der Waals surface area contributed by atoms with E-state index >= 15 is 0 Å². The minimum Gasteiger partial charge on any atom is -0.373 e. The number of hydrogen-bond donors (Lipinski definition) is 2. The first-order chi connectivity index (χ1) is 13.8. The molecule has 1 saturated carbocycles. The third-order valence-corrected chi connectivity index (χ3v) is 6.96. The highest BCUT2D eigenvalue weighted by atomic mass is 127. The molecule has 2 fully saturated rings. The van der Waals surface area contributed by atoms with E-state index in [1.54, 1.807) is 0 Å². The molecule has 2 unspecified atom stereocenters. The van der Waals surface area contributed by atoms with Crippen molar-refractivity contribution in [1.29, 1.82) is 0 Å². The van der Waals surface area contributed by atoms with Crippen LogP contribution < -0.4 is 10.6 Å². The Morgan fingerprint density at radius 2 is 1.93 bits per heavy atom. The lowest BCUT2D eigenvalue weighted by Gasteiger charge is -2.32. The second-order valence-corrected chi connectivity index (χ2v) is 10.9. The predicted molar refractivity (Wildman–Crippen MR) is 133 cm³/mol. The Morgan fingerprint density at radius 3 is 2.53 bits per heavy atom. The first-order valence-electron chi connectivity index (χ1n) is 10.7. The van der Waals surface area contributed by atoms with Gasteiger partial charge in [-0.25, -0.2) is 8.42 Å². The summed E-state index contributed by atoms with van der Waals surface area (Å²) in [5.74, 6) is 1.37. The molecule has 30 heavy (non-hydrogen) atoms. The van der Waals surface area contributed by atoms with Gasteiger partial charge in [0, 0.05) is 43.8 Å². The molecular weight excluding hydrogens is 513 g/mol. The molecule has 1 aliphatic heterocycles. The maximum absolute atomic E-state index is 11.7. The monoisotopic (exact) mass is 549 g/mol. The summed E-state index contributed by atoms with van der Waals surface area (Å²) in [6.45, 7) is 7.05. The molecule has 0 spiro atoms. The van der Waals surface area contributed by atoms with Gasteiger partial charge >= 0.3 is 0 Å². The summed E-state index contributed by atoms with van der Waals surface area (Å²) in [6, 6.07) is 8.61. The van der Waals surface area contributed by atoms with Crippen LogP contribution in [0.15, 0.2) is 29.3 Å². The van der Waals surface area contributed by atoms with Crippen LogP contribution in [0.25, 0.3) is 0 Å². The molecular formula is C22H36IN3O3S. The summed E-state index contributed by atoms with van der Waals surface area (Å²) < 4.78 is 29.5. The number of aryl methyl sites for hydroxylation is 1. The van der Waals surface area contributed by atoms with E-state index in [1.807, 2.05) is 6.92 Å². The van der Waals surface area contributed by atoms with E-state index < -0.39 is 9.84 Å². The zero-order chi connectivity index (χ0) is 20.9. The number of nitrogens with one attached hydrogen (secondary N) is 2. The molecule has 1 aromatic carbocycles. The Hall–Kier alpha value is -0.870. The Bertz CT molecular complexity index is 807. The normalized spacial score (nSPS) is 23.4. The zero-order valence-corrected chi connectivity index (χ0v) is 21.5. The van der Waals surface area contributed by atoms with Crippen molar-refractivity contribution in [3.63, 3.8) is 0 Å². The Labute approximate surface area is 198 Å². The van der Waals surface area contributed by atoms with E-state index in [4.69, 9.17) is 9.73 Å². The number of halogens is 1. The van der Waals surface area contributed by atoms with Crippen molar-refractivity contribution in [2.75, 3.05) is 38.2 Å². The second kappa shape index (κ2) is 11.1. The highest BCUT2D eigenvalue weighted by Crippen LogP contribution is 2.46. The maximum atomic E-state index is 11.7. The average molecular weight is 550 g/mol. The fourth-order valence-corrected chi connectivity index (χ4v) is 5.57. The van der Waals surface area contributed by atoms with Crippen LogP contribution in [0.2, 0.25) is 0 Å². The number of sulfone groups is 1. The second-order valence-electron chi connectivity index (χ2n) is 8.75. The van der Waals surface area contributed by atoms with Gasteiger partial charge in [-0.2, -0.15) is 0 Å². The smallest absolute Gasteiger partial charge is 0.191 e. The zero-order valence-electron chi connectivity index (χ0n) is 18.3. The lowest BCUT2D eigenvalue weighted by molar-refractivity contribution is -0.0265. The van der Waals surface area contributed by atoms with Crippen molar-refractivity contribution >= 4 is 39.8 Å².